The van der Waals surface area contributed by atoms with E-state index in [1.807, 2.05) is 6.26 Å². The third-order valence-corrected chi connectivity index (χ3v) is 4.48. The lowest BCUT2D eigenvalue weighted by molar-refractivity contribution is 0.355. The van der Waals surface area contributed by atoms with Gasteiger partial charge in [-0.3, -0.25) is 0 Å². The molecule has 1 aliphatic rings. The van der Waals surface area contributed by atoms with Gasteiger partial charge >= 0.3 is 0 Å². The molecular weight excluding hydrogens is 272 g/mol. The normalized spacial score (nSPS) is 13.7. The van der Waals surface area contributed by atoms with Crippen molar-refractivity contribution < 1.29 is 9.15 Å². The Morgan fingerprint density at radius 3 is 2.59 bits per heavy atom. The van der Waals surface area contributed by atoms with Crippen LogP contribution in [0.3, 0.4) is 0 Å². The van der Waals surface area contributed by atoms with Crippen molar-refractivity contribution in [3.63, 3.8) is 0 Å². The lowest BCUT2D eigenvalue weighted by atomic mass is 9.90. The summed E-state index contributed by atoms with van der Waals surface area (Å²) in [5.41, 5.74) is 8.15. The van der Waals surface area contributed by atoms with Gasteiger partial charge in [0.05, 0.1) is 6.26 Å². The first-order valence-corrected chi connectivity index (χ1v) is 7.57. The second-order valence-electron chi connectivity index (χ2n) is 5.92. The van der Waals surface area contributed by atoms with E-state index in [-0.39, 0.29) is 0 Å². The molecule has 0 fully saturated rings. The van der Waals surface area contributed by atoms with Gasteiger partial charge in [0.2, 0.25) is 0 Å². The highest BCUT2D eigenvalue weighted by atomic mass is 16.5. The molecule has 3 aromatic rings. The van der Waals surface area contributed by atoms with Crippen molar-refractivity contribution in [3.8, 4) is 5.75 Å². The minimum Gasteiger partial charge on any atom is -0.488 e. The van der Waals surface area contributed by atoms with E-state index in [9.17, 15) is 0 Å². The molecule has 110 valence electrons. The molecule has 1 aliphatic heterocycles. The molecule has 0 spiro atoms. The van der Waals surface area contributed by atoms with Crippen LogP contribution in [0, 0.1) is 20.8 Å². The minimum absolute atomic E-state index is 0.600. The van der Waals surface area contributed by atoms with Crippen molar-refractivity contribution in [2.24, 2.45) is 0 Å². The van der Waals surface area contributed by atoms with Gasteiger partial charge in [0.25, 0.3) is 0 Å². The van der Waals surface area contributed by atoms with Gasteiger partial charge in [0.15, 0.2) is 0 Å². The Balaban J connectivity index is 2.02. The Labute approximate surface area is 130 Å². The van der Waals surface area contributed by atoms with E-state index in [1.54, 1.807) is 0 Å². The Kier molecular flexibility index (Phi) is 2.86. The molecule has 4 rings (SSSR count). The van der Waals surface area contributed by atoms with Crippen LogP contribution in [0.1, 0.15) is 27.8 Å². The van der Waals surface area contributed by atoms with Gasteiger partial charge in [-0.2, -0.15) is 0 Å². The highest BCUT2D eigenvalue weighted by Gasteiger charge is 2.22. The summed E-state index contributed by atoms with van der Waals surface area (Å²) in [5, 5.41) is 1.17. The number of furan rings is 1. The van der Waals surface area contributed by atoms with Crippen molar-refractivity contribution in [2.45, 2.75) is 20.8 Å². The third kappa shape index (κ3) is 1.80. The first kappa shape index (κ1) is 13.2. The predicted octanol–water partition coefficient (Wildman–Crippen LogP) is 5.18. The summed E-state index contributed by atoms with van der Waals surface area (Å²) in [4.78, 5) is 0. The first-order valence-electron chi connectivity index (χ1n) is 7.57. The van der Waals surface area contributed by atoms with Gasteiger partial charge < -0.3 is 9.15 Å². The van der Waals surface area contributed by atoms with Gasteiger partial charge in [-0.05, 0) is 55.2 Å². The molecule has 0 unspecified atom stereocenters. The molecule has 22 heavy (non-hydrogen) atoms. The van der Waals surface area contributed by atoms with E-state index in [0.29, 0.717) is 6.61 Å². The third-order valence-electron chi connectivity index (χ3n) is 4.48. The number of benzene rings is 2. The standard InChI is InChI=1S/C20H18O2/c1-12-6-4-5-7-15(12)16-8-9-21-20-14(3)19-17(10-18(16)20)13(2)11-22-19/h4-8,10-11H,9H2,1-3H3. The molecule has 0 aliphatic carbocycles. The van der Waals surface area contributed by atoms with Crippen molar-refractivity contribution in [1.29, 1.82) is 0 Å². The van der Waals surface area contributed by atoms with E-state index < -0.39 is 0 Å². The summed E-state index contributed by atoms with van der Waals surface area (Å²) < 4.78 is 11.6. The molecule has 2 heteroatoms. The Bertz CT molecular complexity index is 913. The van der Waals surface area contributed by atoms with Gasteiger partial charge in [0, 0.05) is 16.5 Å². The van der Waals surface area contributed by atoms with E-state index in [4.69, 9.17) is 9.15 Å². The van der Waals surface area contributed by atoms with E-state index >= 15 is 0 Å². The smallest absolute Gasteiger partial charge is 0.140 e. The highest BCUT2D eigenvalue weighted by Crippen LogP contribution is 2.42. The van der Waals surface area contributed by atoms with Crippen LogP contribution in [-0.4, -0.2) is 6.61 Å². The second kappa shape index (κ2) is 4.77. The zero-order valence-corrected chi connectivity index (χ0v) is 13.1. The quantitative estimate of drug-likeness (QED) is 0.616. The maximum absolute atomic E-state index is 5.93. The molecule has 2 heterocycles. The number of hydrogen-bond donors (Lipinski definition) is 0. The monoisotopic (exact) mass is 290 g/mol. The Hall–Kier alpha value is -2.48. The maximum Gasteiger partial charge on any atom is 0.140 e. The largest absolute Gasteiger partial charge is 0.488 e. The average Bonchev–Trinajstić information content (AvgIpc) is 2.90. The van der Waals surface area contributed by atoms with Crippen LogP contribution in [0.5, 0.6) is 5.75 Å². The number of fused-ring (bicyclic) bond motifs is 2. The summed E-state index contributed by atoms with van der Waals surface area (Å²) in [6, 6.07) is 10.7. The molecule has 2 aromatic carbocycles. The summed E-state index contributed by atoms with van der Waals surface area (Å²) in [7, 11) is 0. The van der Waals surface area contributed by atoms with E-state index in [1.165, 1.54) is 22.1 Å². The summed E-state index contributed by atoms with van der Waals surface area (Å²) in [6.07, 6.45) is 3.99. The SMILES string of the molecule is Cc1ccccc1C1=CCOc2c1cc1c(C)coc1c2C. The number of aryl methyl sites for hydroxylation is 3. The van der Waals surface area contributed by atoms with Gasteiger partial charge in [-0.15, -0.1) is 0 Å². The Morgan fingerprint density at radius 1 is 0.955 bits per heavy atom. The van der Waals surface area contributed by atoms with Crippen LogP contribution in [0.15, 0.2) is 47.1 Å². The summed E-state index contributed by atoms with van der Waals surface area (Å²) >= 11 is 0. The average molecular weight is 290 g/mol. The molecule has 0 saturated carbocycles. The number of ether oxygens (including phenoxy) is 1. The molecule has 0 bridgehead atoms. The fourth-order valence-corrected chi connectivity index (χ4v) is 3.27. The van der Waals surface area contributed by atoms with Crippen LogP contribution < -0.4 is 4.74 Å². The van der Waals surface area contributed by atoms with Crippen molar-refractivity contribution in [2.75, 3.05) is 6.61 Å². The number of rotatable bonds is 1. The van der Waals surface area contributed by atoms with Crippen LogP contribution in [-0.2, 0) is 0 Å². The van der Waals surface area contributed by atoms with Crippen LogP contribution in [0.2, 0.25) is 0 Å². The molecule has 0 amide bonds. The lowest BCUT2D eigenvalue weighted by Gasteiger charge is -2.22. The molecule has 0 N–H and O–H groups in total. The molecular formula is C20H18O2. The first-order chi connectivity index (χ1) is 10.7. The van der Waals surface area contributed by atoms with E-state index in [2.05, 4.69) is 57.2 Å². The number of hydrogen-bond acceptors (Lipinski definition) is 2. The highest BCUT2D eigenvalue weighted by molar-refractivity contribution is 5.95. The fraction of sp³-hybridized carbons (Fsp3) is 0.200. The molecule has 0 radical (unpaired) electrons. The van der Waals surface area contributed by atoms with Crippen molar-refractivity contribution >= 4 is 16.5 Å². The van der Waals surface area contributed by atoms with E-state index in [0.717, 1.165) is 28.0 Å². The molecule has 1 aromatic heterocycles. The maximum atomic E-state index is 5.93. The van der Waals surface area contributed by atoms with Crippen molar-refractivity contribution in [3.05, 3.63) is 70.5 Å². The van der Waals surface area contributed by atoms with Crippen LogP contribution in [0.25, 0.3) is 16.5 Å². The second-order valence-corrected chi connectivity index (χ2v) is 5.92. The Morgan fingerprint density at radius 2 is 1.77 bits per heavy atom. The zero-order valence-electron chi connectivity index (χ0n) is 13.1. The lowest BCUT2D eigenvalue weighted by Crippen LogP contribution is -2.08. The van der Waals surface area contributed by atoms with Crippen molar-refractivity contribution in [1.82, 2.24) is 0 Å². The summed E-state index contributed by atoms with van der Waals surface area (Å²) in [6.45, 7) is 6.91. The van der Waals surface area contributed by atoms with Crippen LogP contribution in [0.4, 0.5) is 0 Å². The van der Waals surface area contributed by atoms with Gasteiger partial charge in [-0.25, -0.2) is 0 Å². The van der Waals surface area contributed by atoms with Gasteiger partial charge in [0.1, 0.15) is 17.9 Å². The molecule has 2 nitrogen and oxygen atoms in total. The zero-order chi connectivity index (χ0) is 15.3. The molecule has 0 saturated heterocycles. The van der Waals surface area contributed by atoms with Gasteiger partial charge in [-0.1, -0.05) is 24.3 Å². The molecule has 0 atom stereocenters. The summed E-state index contributed by atoms with van der Waals surface area (Å²) in [5.74, 6) is 0.947. The topological polar surface area (TPSA) is 22.4 Å². The fourth-order valence-electron chi connectivity index (χ4n) is 3.27. The van der Waals surface area contributed by atoms with Crippen LogP contribution >= 0.6 is 0 Å². The minimum atomic E-state index is 0.600. The predicted molar refractivity (Wildman–Crippen MR) is 89.4 cm³/mol.